The number of anilines is 1. The van der Waals surface area contributed by atoms with Crippen LogP contribution in [0, 0.1) is 0 Å². The number of aromatic nitrogens is 3. The van der Waals surface area contributed by atoms with Gasteiger partial charge >= 0.3 is 0 Å². The molecule has 8 heteroatoms. The molecule has 2 aromatic rings. The van der Waals surface area contributed by atoms with E-state index in [0.717, 1.165) is 0 Å². The third-order valence-corrected chi connectivity index (χ3v) is 3.37. The lowest BCUT2D eigenvalue weighted by Crippen LogP contribution is -2.32. The summed E-state index contributed by atoms with van der Waals surface area (Å²) in [4.78, 5) is 10.9. The smallest absolute Gasteiger partial charge is 0.151 e. The van der Waals surface area contributed by atoms with E-state index in [-0.39, 0.29) is 6.61 Å². The molecule has 1 unspecified atom stereocenters. The second-order valence-electron chi connectivity index (χ2n) is 4.49. The maximum absolute atomic E-state index is 9.98. The Balaban J connectivity index is 2.04. The Morgan fingerprint density at radius 3 is 2.79 bits per heavy atom. The van der Waals surface area contributed by atoms with Crippen molar-refractivity contribution >= 4 is 16.9 Å². The number of aliphatic hydroxyl groups excluding tert-OH is 3. The minimum absolute atomic E-state index is 0.294. The zero-order valence-electron chi connectivity index (χ0n) is 9.89. The van der Waals surface area contributed by atoms with Crippen LogP contribution < -0.4 is 5.73 Å². The number of H-pyrrole nitrogens is 1. The third kappa shape index (κ3) is 1.77. The molecule has 0 aliphatic carbocycles. The Morgan fingerprint density at radius 2 is 2.11 bits per heavy atom. The first-order valence-electron chi connectivity index (χ1n) is 5.83. The van der Waals surface area contributed by atoms with Gasteiger partial charge in [0.1, 0.15) is 36.3 Å². The molecule has 3 rings (SSSR count). The topological polar surface area (TPSA) is 138 Å². The number of nitrogens with two attached hydrogens (primary N) is 1. The van der Waals surface area contributed by atoms with Gasteiger partial charge in [0.2, 0.25) is 0 Å². The Labute approximate surface area is 107 Å². The Morgan fingerprint density at radius 1 is 1.32 bits per heavy atom. The van der Waals surface area contributed by atoms with E-state index in [1.54, 1.807) is 6.20 Å². The largest absolute Gasteiger partial charge is 0.394 e. The normalized spacial score (nSPS) is 31.1. The summed E-state index contributed by atoms with van der Waals surface area (Å²) in [7, 11) is 0. The Kier molecular flexibility index (Phi) is 2.86. The second-order valence-corrected chi connectivity index (χ2v) is 4.49. The predicted octanol–water partition coefficient (Wildman–Crippen LogP) is -1.31. The molecule has 1 aliphatic heterocycles. The first-order chi connectivity index (χ1) is 9.13. The number of rotatable bonds is 2. The summed E-state index contributed by atoms with van der Waals surface area (Å²) in [5, 5.41) is 28.8. The van der Waals surface area contributed by atoms with E-state index in [1.165, 1.54) is 6.33 Å². The SMILES string of the molecule is Nc1ncnc2c(C3O[C@H](CO)[C@@H](O)[C@H]3O)c[nH]c12. The zero-order chi connectivity index (χ0) is 13.6. The van der Waals surface area contributed by atoms with Crippen LogP contribution in [0.15, 0.2) is 12.5 Å². The summed E-state index contributed by atoms with van der Waals surface area (Å²) >= 11 is 0. The predicted molar refractivity (Wildman–Crippen MR) is 65.0 cm³/mol. The number of aromatic amines is 1. The van der Waals surface area contributed by atoms with Gasteiger partial charge in [-0.3, -0.25) is 0 Å². The molecule has 0 radical (unpaired) electrons. The molecule has 0 amide bonds. The number of nitrogen functional groups attached to an aromatic ring is 1. The van der Waals surface area contributed by atoms with Crippen LogP contribution in [0.25, 0.3) is 11.0 Å². The lowest BCUT2D eigenvalue weighted by atomic mass is 10.0. The van der Waals surface area contributed by atoms with E-state index in [2.05, 4.69) is 15.0 Å². The van der Waals surface area contributed by atoms with Crippen LogP contribution in [0.5, 0.6) is 0 Å². The summed E-state index contributed by atoms with van der Waals surface area (Å²) in [5.74, 6) is 0.294. The van der Waals surface area contributed by atoms with Crippen LogP contribution in [0.2, 0.25) is 0 Å². The number of aliphatic hydroxyl groups is 3. The number of hydrogen-bond donors (Lipinski definition) is 5. The van der Waals surface area contributed by atoms with E-state index in [1.807, 2.05) is 0 Å². The molecule has 2 aromatic heterocycles. The van der Waals surface area contributed by atoms with Crippen molar-refractivity contribution in [3.8, 4) is 0 Å². The van der Waals surface area contributed by atoms with Crippen LogP contribution in [0.4, 0.5) is 5.82 Å². The van der Waals surface area contributed by atoms with Crippen molar-refractivity contribution in [2.45, 2.75) is 24.4 Å². The highest BCUT2D eigenvalue weighted by atomic mass is 16.6. The summed E-state index contributed by atoms with van der Waals surface area (Å²) in [6, 6.07) is 0. The minimum atomic E-state index is -1.14. The van der Waals surface area contributed by atoms with Crippen molar-refractivity contribution in [3.63, 3.8) is 0 Å². The Bertz CT molecular complexity index is 601. The molecule has 102 valence electrons. The van der Waals surface area contributed by atoms with Crippen LogP contribution in [-0.2, 0) is 4.74 Å². The quantitative estimate of drug-likeness (QED) is 0.455. The number of ether oxygens (including phenoxy) is 1. The zero-order valence-corrected chi connectivity index (χ0v) is 9.89. The monoisotopic (exact) mass is 266 g/mol. The van der Waals surface area contributed by atoms with Gasteiger partial charge in [-0.1, -0.05) is 0 Å². The number of fused-ring (bicyclic) bond motifs is 1. The lowest BCUT2D eigenvalue weighted by Gasteiger charge is -2.13. The Hall–Kier alpha value is -1.74. The van der Waals surface area contributed by atoms with Gasteiger partial charge in [0.25, 0.3) is 0 Å². The highest BCUT2D eigenvalue weighted by Crippen LogP contribution is 2.36. The lowest BCUT2D eigenvalue weighted by molar-refractivity contribution is -0.0224. The van der Waals surface area contributed by atoms with E-state index in [4.69, 9.17) is 15.6 Å². The van der Waals surface area contributed by atoms with Crippen molar-refractivity contribution in [1.82, 2.24) is 15.0 Å². The van der Waals surface area contributed by atoms with Crippen LogP contribution in [-0.4, -0.2) is 55.2 Å². The summed E-state index contributed by atoms with van der Waals surface area (Å²) in [5.41, 5.74) is 7.37. The van der Waals surface area contributed by atoms with Gasteiger partial charge in [-0.05, 0) is 0 Å². The molecule has 1 saturated heterocycles. The molecule has 3 heterocycles. The molecule has 6 N–H and O–H groups in total. The molecule has 0 spiro atoms. The minimum Gasteiger partial charge on any atom is -0.394 e. The summed E-state index contributed by atoms with van der Waals surface area (Å²) < 4.78 is 5.46. The van der Waals surface area contributed by atoms with Crippen LogP contribution in [0.3, 0.4) is 0 Å². The molecule has 1 aliphatic rings. The van der Waals surface area contributed by atoms with E-state index < -0.39 is 24.4 Å². The molecular weight excluding hydrogens is 252 g/mol. The van der Waals surface area contributed by atoms with Gasteiger partial charge in [0.15, 0.2) is 5.82 Å². The molecule has 4 atom stereocenters. The summed E-state index contributed by atoms with van der Waals surface area (Å²) in [6.45, 7) is -0.367. The van der Waals surface area contributed by atoms with Crippen molar-refractivity contribution in [2.24, 2.45) is 0 Å². The average Bonchev–Trinajstić information content (AvgIpc) is 2.94. The summed E-state index contributed by atoms with van der Waals surface area (Å²) in [6.07, 6.45) is -0.933. The van der Waals surface area contributed by atoms with Gasteiger partial charge in [0, 0.05) is 11.8 Å². The van der Waals surface area contributed by atoms with Crippen molar-refractivity contribution in [1.29, 1.82) is 0 Å². The maximum atomic E-state index is 9.98. The standard InChI is InChI=1S/C11H14N4O4/c12-11-7-6(14-3-15-11)4(1-13-7)10-9(18)8(17)5(2-16)19-10/h1,3,5,8-10,13,16-18H,2H2,(H2,12,14,15)/t5-,8-,9-,10?/m1/s1. The molecular formula is C11H14N4O4. The van der Waals surface area contributed by atoms with Crippen molar-refractivity contribution in [3.05, 3.63) is 18.1 Å². The van der Waals surface area contributed by atoms with Gasteiger partial charge < -0.3 is 30.8 Å². The highest BCUT2D eigenvalue weighted by Gasteiger charge is 2.44. The van der Waals surface area contributed by atoms with Gasteiger partial charge in [0.05, 0.1) is 12.1 Å². The third-order valence-electron chi connectivity index (χ3n) is 3.37. The van der Waals surface area contributed by atoms with E-state index >= 15 is 0 Å². The first-order valence-corrected chi connectivity index (χ1v) is 5.83. The molecule has 0 saturated carbocycles. The van der Waals surface area contributed by atoms with E-state index in [9.17, 15) is 10.2 Å². The fourth-order valence-corrected chi connectivity index (χ4v) is 2.35. The van der Waals surface area contributed by atoms with Crippen molar-refractivity contribution < 1.29 is 20.1 Å². The van der Waals surface area contributed by atoms with Crippen LogP contribution in [0.1, 0.15) is 11.7 Å². The molecule has 0 bridgehead atoms. The number of nitrogens with zero attached hydrogens (tertiary/aromatic N) is 2. The van der Waals surface area contributed by atoms with Crippen LogP contribution >= 0.6 is 0 Å². The second kappa shape index (κ2) is 4.42. The fraction of sp³-hybridized carbons (Fsp3) is 0.455. The molecule has 1 fully saturated rings. The number of hydrogen-bond acceptors (Lipinski definition) is 7. The first kappa shape index (κ1) is 12.3. The average molecular weight is 266 g/mol. The van der Waals surface area contributed by atoms with Crippen molar-refractivity contribution in [2.75, 3.05) is 12.3 Å². The molecule has 8 nitrogen and oxygen atoms in total. The van der Waals surface area contributed by atoms with Gasteiger partial charge in [-0.2, -0.15) is 0 Å². The fourth-order valence-electron chi connectivity index (χ4n) is 2.35. The van der Waals surface area contributed by atoms with Gasteiger partial charge in [-0.15, -0.1) is 0 Å². The number of nitrogens with one attached hydrogen (secondary N) is 1. The molecule has 19 heavy (non-hydrogen) atoms. The highest BCUT2D eigenvalue weighted by molar-refractivity contribution is 5.87. The van der Waals surface area contributed by atoms with Gasteiger partial charge in [-0.25, -0.2) is 9.97 Å². The van der Waals surface area contributed by atoms with E-state index in [0.29, 0.717) is 22.4 Å². The maximum Gasteiger partial charge on any atom is 0.151 e. The molecule has 0 aromatic carbocycles.